The maximum Gasteiger partial charge on any atom is 0.215 e. The second kappa shape index (κ2) is 18.8. The largest absolute Gasteiger partial charge is 0.669 e. The van der Waals surface area contributed by atoms with Gasteiger partial charge < -0.3 is 66.8 Å². The number of rotatable bonds is 5. The van der Waals surface area contributed by atoms with Gasteiger partial charge in [-0.15, -0.1) is 0 Å². The van der Waals surface area contributed by atoms with Crippen molar-refractivity contribution in [3.63, 3.8) is 0 Å². The predicted octanol–water partition coefficient (Wildman–Crippen LogP) is 7.31. The van der Waals surface area contributed by atoms with E-state index in [9.17, 15) is 0 Å². The molecule has 0 saturated carbocycles. The summed E-state index contributed by atoms with van der Waals surface area (Å²) in [6.45, 7) is 3.97. The van der Waals surface area contributed by atoms with Crippen molar-refractivity contribution in [2.75, 3.05) is 0 Å². The van der Waals surface area contributed by atoms with Crippen LogP contribution in [0.4, 0.5) is 0 Å². The molecule has 0 amide bonds. The molecule has 4 aromatic heterocycles. The molecule has 0 spiro atoms. The van der Waals surface area contributed by atoms with Gasteiger partial charge in [0.1, 0.15) is 0 Å². The zero-order valence-electron chi connectivity index (χ0n) is 23.6. The molecule has 0 aliphatic carbocycles. The van der Waals surface area contributed by atoms with Crippen LogP contribution in [-0.2, 0) is 42.1 Å². The van der Waals surface area contributed by atoms with Gasteiger partial charge in [-0.2, -0.15) is 12.1 Å². The number of hydrogen-bond acceptors (Lipinski definition) is 4. The Hall–Kier alpha value is -4.60. The summed E-state index contributed by atoms with van der Waals surface area (Å²) in [5.41, 5.74) is 3.49. The van der Waals surface area contributed by atoms with Crippen molar-refractivity contribution in [2.24, 2.45) is 0 Å². The molecule has 0 atom stereocenters. The minimum atomic E-state index is 0. The van der Waals surface area contributed by atoms with Crippen molar-refractivity contribution < 1.29 is 51.6 Å². The second-order valence-electron chi connectivity index (χ2n) is 8.64. The Morgan fingerprint density at radius 1 is 0.636 bits per heavy atom. The summed E-state index contributed by atoms with van der Waals surface area (Å²) < 4.78 is 14.7. The Kier molecular flexibility index (Phi) is 15.2. The minimum absolute atomic E-state index is 0. The van der Waals surface area contributed by atoms with E-state index in [1.807, 2.05) is 62.4 Å². The number of pyridine rings is 2. The molecule has 4 heterocycles. The van der Waals surface area contributed by atoms with Crippen LogP contribution in [0.15, 0.2) is 110 Å². The van der Waals surface area contributed by atoms with Gasteiger partial charge in [0.15, 0.2) is 0 Å². The zero-order valence-corrected chi connectivity index (χ0v) is 28.2. The molecule has 0 radical (unpaired) electrons. The SMILES string of the molecule is Cc1ccnc(Oc2[c-]c(-c3[c-]ccc(Oc4cc(C)ccn4)[c-]3)[c-]cc2)c1.[C-]#Cn1cccc1.[C-]#Cn1cccc1.[Pt].[Pt]. The van der Waals surface area contributed by atoms with E-state index in [0.717, 1.165) is 11.1 Å². The molecule has 2 aromatic carbocycles. The van der Waals surface area contributed by atoms with Gasteiger partial charge in [0.05, 0.1) is 0 Å². The first-order valence-electron chi connectivity index (χ1n) is 12.7. The fourth-order valence-corrected chi connectivity index (χ4v) is 3.36. The maximum atomic E-state index is 6.57. The third-order valence-corrected chi connectivity index (χ3v) is 5.35. The van der Waals surface area contributed by atoms with Crippen LogP contribution in [0.3, 0.4) is 0 Å². The Morgan fingerprint density at radius 3 is 1.34 bits per heavy atom. The average molecular weight is 935 g/mol. The molecule has 6 aromatic rings. The third-order valence-electron chi connectivity index (χ3n) is 5.35. The smallest absolute Gasteiger partial charge is 0.215 e. The molecule has 0 aliphatic heterocycles. The van der Waals surface area contributed by atoms with Crippen LogP contribution < -0.4 is 9.47 Å². The first-order valence-corrected chi connectivity index (χ1v) is 12.7. The third kappa shape index (κ3) is 11.6. The van der Waals surface area contributed by atoms with E-state index in [1.165, 1.54) is 0 Å². The average Bonchev–Trinajstić information content (AvgIpc) is 3.73. The van der Waals surface area contributed by atoms with E-state index in [1.54, 1.807) is 70.6 Å². The molecule has 0 aliphatic rings. The fraction of sp³-hybridized carbons (Fsp3) is 0.0556. The number of ether oxygens (including phenoxy) is 2. The molecule has 0 saturated heterocycles. The van der Waals surface area contributed by atoms with Crippen molar-refractivity contribution in [3.8, 4) is 46.5 Å². The van der Waals surface area contributed by atoms with Crippen LogP contribution in [0.5, 0.6) is 23.3 Å². The monoisotopic (exact) mass is 934 g/mol. The standard InChI is InChI=1S/C24H16N2O2.2C6H4N.2Pt/c1-17-9-11-25-23(13-17)27-21-7-3-5-19(15-21)20-6-4-8-22(16-20)28-24-14-18(2)10-12-26-24;2*1-2-7-5-3-4-6-7;;/h3-4,7-14H,1-2H3;2*3-6H;;/q-4;2*-1;;. The van der Waals surface area contributed by atoms with Gasteiger partial charge in [-0.25, -0.2) is 22.1 Å². The van der Waals surface area contributed by atoms with E-state index in [0.29, 0.717) is 34.4 Å². The topological polar surface area (TPSA) is 54.1 Å². The first kappa shape index (κ1) is 35.6. The number of nitrogens with zero attached hydrogens (tertiary/aromatic N) is 4. The normalized spacial score (nSPS) is 9.18. The van der Waals surface area contributed by atoms with Crippen LogP contribution in [-0.4, -0.2) is 19.1 Å². The molecule has 226 valence electrons. The van der Waals surface area contributed by atoms with E-state index in [-0.39, 0.29) is 42.1 Å². The van der Waals surface area contributed by atoms with Gasteiger partial charge in [-0.1, -0.05) is 11.5 Å². The van der Waals surface area contributed by atoms with Crippen molar-refractivity contribution >= 4 is 0 Å². The molecule has 8 heteroatoms. The molecular formula is C36H24N4O2Pt2-6. The molecule has 6 rings (SSSR count). The summed E-state index contributed by atoms with van der Waals surface area (Å²) in [7, 11) is 0. The summed E-state index contributed by atoms with van der Waals surface area (Å²) in [4.78, 5) is 8.42. The van der Waals surface area contributed by atoms with Gasteiger partial charge in [0.2, 0.25) is 11.8 Å². The van der Waals surface area contributed by atoms with E-state index in [4.69, 9.17) is 22.3 Å². The van der Waals surface area contributed by atoms with Gasteiger partial charge in [-0.3, -0.25) is 12.1 Å². The van der Waals surface area contributed by atoms with E-state index < -0.39 is 0 Å². The second-order valence-corrected chi connectivity index (χ2v) is 8.64. The van der Waals surface area contributed by atoms with Gasteiger partial charge >= 0.3 is 0 Å². The van der Waals surface area contributed by atoms with E-state index in [2.05, 4.69) is 46.3 Å². The number of aryl methyl sites for hydroxylation is 2. The summed E-state index contributed by atoms with van der Waals surface area (Å²) in [6.07, 6.45) is 23.6. The van der Waals surface area contributed by atoms with E-state index >= 15 is 0 Å². The molecule has 0 unspecified atom stereocenters. The summed E-state index contributed by atoms with van der Waals surface area (Å²) in [5.74, 6) is 2.12. The Labute approximate surface area is 287 Å². The zero-order chi connectivity index (χ0) is 29.6. The fourth-order valence-electron chi connectivity index (χ4n) is 3.36. The molecule has 6 nitrogen and oxygen atoms in total. The van der Waals surface area contributed by atoms with Gasteiger partial charge in [0.25, 0.3) is 0 Å². The quantitative estimate of drug-likeness (QED) is 0.135. The van der Waals surface area contributed by atoms with Crippen molar-refractivity contribution in [1.29, 1.82) is 0 Å². The maximum absolute atomic E-state index is 6.57. The van der Waals surface area contributed by atoms with Gasteiger partial charge in [-0.05, 0) is 61.4 Å². The minimum Gasteiger partial charge on any atom is -0.669 e. The Bertz CT molecular complexity index is 1650. The number of hydrogen-bond donors (Lipinski definition) is 0. The predicted molar refractivity (Wildman–Crippen MR) is 159 cm³/mol. The van der Waals surface area contributed by atoms with Crippen LogP contribution in [0, 0.1) is 63.0 Å². The Balaban J connectivity index is 0.000000347. The first-order chi connectivity index (χ1) is 20.5. The molecule has 44 heavy (non-hydrogen) atoms. The van der Waals surface area contributed by atoms with Crippen molar-refractivity contribution in [1.82, 2.24) is 19.1 Å². The number of aromatic nitrogens is 4. The van der Waals surface area contributed by atoms with Crippen LogP contribution in [0.25, 0.3) is 11.1 Å². The van der Waals surface area contributed by atoms with Gasteiger partial charge in [0, 0.05) is 91.4 Å². The van der Waals surface area contributed by atoms with Crippen molar-refractivity contribution in [2.45, 2.75) is 13.8 Å². The molecule has 0 bridgehead atoms. The number of benzene rings is 2. The Morgan fingerprint density at radius 2 is 1.02 bits per heavy atom. The van der Waals surface area contributed by atoms with Crippen LogP contribution >= 0.6 is 0 Å². The molecule has 0 N–H and O–H groups in total. The molecule has 0 fully saturated rings. The summed E-state index contributed by atoms with van der Waals surface area (Å²) >= 11 is 0. The van der Waals surface area contributed by atoms with Crippen molar-refractivity contribution in [3.05, 3.63) is 158 Å². The summed E-state index contributed by atoms with van der Waals surface area (Å²) in [5, 5.41) is 0. The van der Waals surface area contributed by atoms with Crippen LogP contribution in [0.1, 0.15) is 11.1 Å². The summed E-state index contributed by atoms with van der Waals surface area (Å²) in [6, 6.07) is 39.0. The van der Waals surface area contributed by atoms with Crippen LogP contribution in [0.2, 0.25) is 0 Å². The molecular weight excluding hydrogens is 911 g/mol.